The number of fused-ring (bicyclic) bond motifs is 5. The lowest BCUT2D eigenvalue weighted by atomic mass is 9.94. The second-order valence-corrected chi connectivity index (χ2v) is 10.3. The lowest BCUT2D eigenvalue weighted by Gasteiger charge is -2.35. The van der Waals surface area contributed by atoms with Gasteiger partial charge in [0.15, 0.2) is 35.7 Å². The van der Waals surface area contributed by atoms with Crippen LogP contribution in [0.5, 0.6) is 23.0 Å². The van der Waals surface area contributed by atoms with Gasteiger partial charge in [0, 0.05) is 56.2 Å². The minimum absolute atomic E-state index is 0. The van der Waals surface area contributed by atoms with Gasteiger partial charge in [0.05, 0.1) is 18.1 Å². The van der Waals surface area contributed by atoms with Crippen LogP contribution in [0.15, 0.2) is 60.8 Å². The van der Waals surface area contributed by atoms with E-state index in [9.17, 15) is 9.90 Å². The number of halogens is 1. The van der Waals surface area contributed by atoms with E-state index in [0.29, 0.717) is 25.4 Å². The highest BCUT2D eigenvalue weighted by Gasteiger charge is 2.30. The lowest BCUT2D eigenvalue weighted by Crippen LogP contribution is -3.00. The van der Waals surface area contributed by atoms with Gasteiger partial charge in [-0.1, -0.05) is 18.2 Å². The van der Waals surface area contributed by atoms with Crippen molar-refractivity contribution in [2.45, 2.75) is 19.5 Å². The Morgan fingerprint density at radius 2 is 1.75 bits per heavy atom. The first-order valence-corrected chi connectivity index (χ1v) is 13.3. The molecule has 8 nitrogen and oxygen atoms in total. The highest BCUT2D eigenvalue weighted by atomic mass is 35.5. The zero-order chi connectivity index (χ0) is 26.5. The van der Waals surface area contributed by atoms with Gasteiger partial charge >= 0.3 is 0 Å². The molecule has 1 aromatic heterocycles. The number of carbonyl (C=O) groups is 1. The number of benzene rings is 3. The molecule has 1 amide bonds. The second kappa shape index (κ2) is 10.5. The van der Waals surface area contributed by atoms with E-state index in [1.165, 1.54) is 5.56 Å². The number of phenols is 1. The molecule has 9 heteroatoms. The van der Waals surface area contributed by atoms with Gasteiger partial charge in [-0.2, -0.15) is 4.57 Å². The molecule has 4 heterocycles. The first-order valence-electron chi connectivity index (χ1n) is 13.3. The average molecular weight is 560 g/mol. The van der Waals surface area contributed by atoms with Crippen molar-refractivity contribution in [1.82, 2.24) is 9.80 Å². The maximum Gasteiger partial charge on any atom is 0.253 e. The number of ether oxygens (including phenoxy) is 3. The summed E-state index contributed by atoms with van der Waals surface area (Å²) in [5, 5.41) is 12.8. The summed E-state index contributed by atoms with van der Waals surface area (Å²) in [5.41, 5.74) is 5.26. The fourth-order valence-corrected chi connectivity index (χ4v) is 5.97. The molecule has 1 N–H and O–H groups in total. The maximum atomic E-state index is 12.9. The fraction of sp³-hybridized carbons (Fsp3) is 0.290. The van der Waals surface area contributed by atoms with Crippen LogP contribution >= 0.6 is 0 Å². The summed E-state index contributed by atoms with van der Waals surface area (Å²) >= 11 is 0. The Morgan fingerprint density at radius 3 is 2.50 bits per heavy atom. The SMILES string of the molecule is COc1cc(CN2CCN(C(=O)c3ccccc3)CC2)c2cc3[n+](cc2c1O)CCc1cc2c(cc1-3)OCO2.[Cl-]. The van der Waals surface area contributed by atoms with E-state index in [1.54, 1.807) is 7.11 Å². The second-order valence-electron chi connectivity index (χ2n) is 10.3. The number of hydrogen-bond acceptors (Lipinski definition) is 6. The van der Waals surface area contributed by atoms with E-state index in [4.69, 9.17) is 14.2 Å². The molecule has 0 spiro atoms. The van der Waals surface area contributed by atoms with E-state index in [-0.39, 0.29) is 30.9 Å². The highest BCUT2D eigenvalue weighted by Crippen LogP contribution is 2.42. The summed E-state index contributed by atoms with van der Waals surface area (Å²) in [5.74, 6) is 2.27. The number of aromatic nitrogens is 1. The maximum absolute atomic E-state index is 12.9. The first-order chi connectivity index (χ1) is 19.1. The van der Waals surface area contributed by atoms with E-state index < -0.39 is 0 Å². The molecule has 0 radical (unpaired) electrons. The van der Waals surface area contributed by atoms with E-state index >= 15 is 0 Å². The van der Waals surface area contributed by atoms with Crippen molar-refractivity contribution >= 4 is 16.7 Å². The Labute approximate surface area is 238 Å². The van der Waals surface area contributed by atoms with Gasteiger partial charge in [-0.15, -0.1) is 0 Å². The molecule has 7 rings (SSSR count). The van der Waals surface area contributed by atoms with E-state index in [1.807, 2.05) is 47.5 Å². The molecule has 1 saturated heterocycles. The fourth-order valence-electron chi connectivity index (χ4n) is 5.97. The van der Waals surface area contributed by atoms with Gasteiger partial charge in [0.2, 0.25) is 12.5 Å². The van der Waals surface area contributed by atoms with Gasteiger partial charge in [-0.05, 0) is 41.5 Å². The number of hydrogen-bond donors (Lipinski definition) is 1. The monoisotopic (exact) mass is 559 g/mol. The molecule has 0 bridgehead atoms. The van der Waals surface area contributed by atoms with Crippen molar-refractivity contribution in [3.8, 4) is 34.3 Å². The third kappa shape index (κ3) is 4.47. The quantitative estimate of drug-likeness (QED) is 0.372. The Bertz CT molecular complexity index is 1600. The topological polar surface area (TPSA) is 75.4 Å². The molecular weight excluding hydrogens is 530 g/mol. The number of nitrogens with zero attached hydrogens (tertiary/aromatic N) is 3. The Hall–Kier alpha value is -4.01. The predicted molar refractivity (Wildman–Crippen MR) is 145 cm³/mol. The van der Waals surface area contributed by atoms with Crippen LogP contribution in [0.2, 0.25) is 0 Å². The summed E-state index contributed by atoms with van der Waals surface area (Å²) in [7, 11) is 1.59. The molecule has 0 aliphatic carbocycles. The van der Waals surface area contributed by atoms with Crippen LogP contribution in [-0.4, -0.2) is 60.9 Å². The summed E-state index contributed by atoms with van der Waals surface area (Å²) in [6.45, 7) is 4.64. The van der Waals surface area contributed by atoms with Crippen LogP contribution in [0.4, 0.5) is 0 Å². The van der Waals surface area contributed by atoms with Crippen molar-refractivity contribution in [3.05, 3.63) is 77.5 Å². The van der Waals surface area contributed by atoms with Gasteiger partial charge < -0.3 is 36.6 Å². The number of pyridine rings is 1. The summed E-state index contributed by atoms with van der Waals surface area (Å²) in [4.78, 5) is 17.2. The highest BCUT2D eigenvalue weighted by molar-refractivity contribution is 5.95. The number of carbonyl (C=O) groups excluding carboxylic acids is 1. The Morgan fingerprint density at radius 1 is 1.00 bits per heavy atom. The molecule has 3 aliphatic heterocycles. The predicted octanol–water partition coefficient (Wildman–Crippen LogP) is 0.755. The zero-order valence-corrected chi connectivity index (χ0v) is 23.0. The van der Waals surface area contributed by atoms with Crippen LogP contribution in [-0.2, 0) is 19.5 Å². The molecule has 1 fully saturated rings. The van der Waals surface area contributed by atoms with Crippen molar-refractivity contribution in [2.24, 2.45) is 0 Å². The smallest absolute Gasteiger partial charge is 0.253 e. The summed E-state index contributed by atoms with van der Waals surface area (Å²) in [6.07, 6.45) is 2.91. The van der Waals surface area contributed by atoms with Crippen LogP contribution in [0.3, 0.4) is 0 Å². The van der Waals surface area contributed by atoms with E-state index in [0.717, 1.165) is 70.7 Å². The van der Waals surface area contributed by atoms with Gasteiger partial charge in [0.25, 0.3) is 5.91 Å². The third-order valence-electron chi connectivity index (χ3n) is 8.10. The number of aryl methyl sites for hydroxylation is 2. The normalized spacial score (nSPS) is 15.8. The minimum Gasteiger partial charge on any atom is -1.00 e. The molecular formula is C31H30ClN3O5. The Balaban J connectivity index is 0.00000289. The van der Waals surface area contributed by atoms with Crippen LogP contribution in [0.1, 0.15) is 21.5 Å². The summed E-state index contributed by atoms with van der Waals surface area (Å²) < 4.78 is 19.0. The largest absolute Gasteiger partial charge is 1.00 e. The number of piperazine rings is 1. The number of phenolic OH excluding ortho intramolecular Hbond substituents is 1. The number of amides is 1. The molecule has 0 atom stereocenters. The van der Waals surface area contributed by atoms with Gasteiger partial charge in [-0.25, -0.2) is 0 Å². The van der Waals surface area contributed by atoms with Crippen LogP contribution < -0.4 is 31.2 Å². The molecule has 3 aromatic carbocycles. The number of rotatable bonds is 4. The molecule has 4 aromatic rings. The average Bonchev–Trinajstić information content (AvgIpc) is 3.45. The van der Waals surface area contributed by atoms with Gasteiger partial charge in [0.1, 0.15) is 0 Å². The lowest BCUT2D eigenvalue weighted by molar-refractivity contribution is -0.686. The minimum atomic E-state index is 0. The van der Waals surface area contributed by atoms with Crippen LogP contribution in [0.25, 0.3) is 22.0 Å². The van der Waals surface area contributed by atoms with Crippen molar-refractivity contribution in [3.63, 3.8) is 0 Å². The number of methoxy groups -OCH3 is 1. The molecule has 3 aliphatic rings. The van der Waals surface area contributed by atoms with Crippen LogP contribution in [0, 0.1) is 0 Å². The molecule has 0 unspecified atom stereocenters. The third-order valence-corrected chi connectivity index (χ3v) is 8.10. The van der Waals surface area contributed by atoms with Crippen molar-refractivity contribution in [1.29, 1.82) is 0 Å². The van der Waals surface area contributed by atoms with Gasteiger partial charge in [-0.3, -0.25) is 9.69 Å². The Kier molecular flexibility index (Phi) is 6.90. The molecule has 40 heavy (non-hydrogen) atoms. The summed E-state index contributed by atoms with van der Waals surface area (Å²) in [6, 6.07) is 17.7. The first kappa shape index (κ1) is 26.2. The number of aromatic hydroxyl groups is 1. The standard InChI is InChI=1S/C31H29N3O5.ClH/c1-37-29-14-22(17-32-9-11-33(12-10-32)31(36)20-5-3-2-4-6-20)23-15-26-24-16-28-27(38-19-39-28)13-21(24)7-8-34(26)18-25(23)30(29)35;/h2-6,13-16,18H,7-12,17,19H2,1H3;1H. The molecule has 0 saturated carbocycles. The molecule has 206 valence electrons. The zero-order valence-electron chi connectivity index (χ0n) is 22.2. The van der Waals surface area contributed by atoms with Crippen molar-refractivity contribution < 1.29 is 41.1 Å². The van der Waals surface area contributed by atoms with E-state index in [2.05, 4.69) is 27.7 Å². The van der Waals surface area contributed by atoms with Crippen molar-refractivity contribution in [2.75, 3.05) is 40.1 Å².